The van der Waals surface area contributed by atoms with Gasteiger partial charge >= 0.3 is 12.1 Å². The van der Waals surface area contributed by atoms with E-state index in [1.165, 1.54) is 4.90 Å². The number of amides is 5. The van der Waals surface area contributed by atoms with Gasteiger partial charge in [-0.2, -0.15) is 0 Å². The maximum absolute atomic E-state index is 13.8. The van der Waals surface area contributed by atoms with E-state index in [-0.39, 0.29) is 49.9 Å². The first kappa shape index (κ1) is 31.3. The lowest BCUT2D eigenvalue weighted by atomic mass is 9.99. The second kappa shape index (κ2) is 13.6. The average Bonchev–Trinajstić information content (AvgIpc) is 3.51. The van der Waals surface area contributed by atoms with Crippen molar-refractivity contribution in [3.8, 4) is 23.0 Å². The molecule has 0 saturated carbocycles. The molecule has 5 amide bonds. The van der Waals surface area contributed by atoms with Crippen LogP contribution in [0.5, 0.6) is 23.0 Å². The van der Waals surface area contributed by atoms with Gasteiger partial charge < -0.3 is 49.8 Å². The normalized spacial score (nSPS) is 17.6. The first-order valence-electron chi connectivity index (χ1n) is 14.5. The van der Waals surface area contributed by atoms with E-state index in [2.05, 4.69) is 16.0 Å². The Bertz CT molecular complexity index is 1550. The molecule has 0 saturated heterocycles. The van der Waals surface area contributed by atoms with Crippen LogP contribution in [-0.4, -0.2) is 85.7 Å². The standard InChI is InChI=1S/C32H37N5O8/c1-19-15-37(20(2)17-38)30(39)25-13-22(33-31(40)34-23-8-12-27-28(14-23)44-18-43-27)7-11-26(25)45-29(19)16-36(3)32(41)35-21-5-9-24(42-4)10-6-21/h5-14,19-20,29,38H,15-18H2,1-4H3,(H,35,41)(H2,33,34,40)/t19-,20-,29+/m1/s1. The van der Waals surface area contributed by atoms with Gasteiger partial charge in [-0.25, -0.2) is 9.59 Å². The molecule has 0 radical (unpaired) electrons. The van der Waals surface area contributed by atoms with E-state index in [0.29, 0.717) is 40.1 Å². The molecule has 2 aliphatic rings. The number of anilines is 3. The van der Waals surface area contributed by atoms with Crippen LogP contribution in [-0.2, 0) is 0 Å². The van der Waals surface area contributed by atoms with E-state index < -0.39 is 18.2 Å². The van der Waals surface area contributed by atoms with Crippen molar-refractivity contribution in [1.29, 1.82) is 0 Å². The molecule has 0 fully saturated rings. The van der Waals surface area contributed by atoms with E-state index >= 15 is 0 Å². The molecule has 13 heteroatoms. The second-order valence-corrected chi connectivity index (χ2v) is 11.0. The zero-order chi connectivity index (χ0) is 32.1. The van der Waals surface area contributed by atoms with Gasteiger partial charge in [-0.05, 0) is 61.5 Å². The zero-order valence-electron chi connectivity index (χ0n) is 25.5. The van der Waals surface area contributed by atoms with E-state index in [9.17, 15) is 19.5 Å². The molecule has 0 spiro atoms. The Kier molecular flexibility index (Phi) is 9.48. The molecule has 13 nitrogen and oxygen atoms in total. The maximum Gasteiger partial charge on any atom is 0.323 e. The molecular formula is C32H37N5O8. The number of aliphatic hydroxyl groups excluding tert-OH is 1. The lowest BCUT2D eigenvalue weighted by molar-refractivity contribution is 0.0371. The summed E-state index contributed by atoms with van der Waals surface area (Å²) in [5.74, 6) is 1.57. The minimum atomic E-state index is -0.524. The molecule has 3 aromatic carbocycles. The third-order valence-corrected chi connectivity index (χ3v) is 7.69. The minimum absolute atomic E-state index is 0.120. The van der Waals surface area contributed by atoms with E-state index in [0.717, 1.165) is 0 Å². The molecule has 3 aromatic rings. The van der Waals surface area contributed by atoms with E-state index in [4.69, 9.17) is 18.9 Å². The highest BCUT2D eigenvalue weighted by Crippen LogP contribution is 2.35. The Hall–Kier alpha value is -5.17. The number of benzene rings is 3. The maximum atomic E-state index is 13.8. The lowest BCUT2D eigenvalue weighted by Gasteiger charge is -2.38. The Balaban J connectivity index is 1.32. The van der Waals surface area contributed by atoms with Crippen molar-refractivity contribution in [2.75, 3.05) is 56.6 Å². The van der Waals surface area contributed by atoms with Crippen LogP contribution >= 0.6 is 0 Å². The molecule has 2 aliphatic heterocycles. The first-order chi connectivity index (χ1) is 21.6. The molecular weight excluding hydrogens is 582 g/mol. The van der Waals surface area contributed by atoms with Gasteiger partial charge in [0, 0.05) is 42.6 Å². The average molecular weight is 620 g/mol. The largest absolute Gasteiger partial charge is 0.497 e. The van der Waals surface area contributed by atoms with Crippen molar-refractivity contribution in [2.45, 2.75) is 26.0 Å². The fourth-order valence-electron chi connectivity index (χ4n) is 5.03. The number of likely N-dealkylation sites (N-methyl/N-ethyl adjacent to an activating group) is 1. The summed E-state index contributed by atoms with van der Waals surface area (Å²) in [6.07, 6.45) is -0.495. The van der Waals surface area contributed by atoms with Crippen LogP contribution < -0.4 is 34.9 Å². The number of rotatable bonds is 8. The van der Waals surface area contributed by atoms with Crippen molar-refractivity contribution in [3.05, 3.63) is 66.2 Å². The van der Waals surface area contributed by atoms with E-state index in [1.807, 2.05) is 6.92 Å². The molecule has 0 bridgehead atoms. The predicted molar refractivity (Wildman–Crippen MR) is 167 cm³/mol. The van der Waals surface area contributed by atoms with Gasteiger partial charge in [-0.3, -0.25) is 4.79 Å². The van der Waals surface area contributed by atoms with Crippen LogP contribution in [0.15, 0.2) is 60.7 Å². The summed E-state index contributed by atoms with van der Waals surface area (Å²) in [7, 11) is 3.24. The van der Waals surface area contributed by atoms with Gasteiger partial charge in [0.2, 0.25) is 6.79 Å². The number of nitrogens with zero attached hydrogens (tertiary/aromatic N) is 2. The molecule has 3 atom stereocenters. The third-order valence-electron chi connectivity index (χ3n) is 7.69. The first-order valence-corrected chi connectivity index (χ1v) is 14.5. The number of hydrogen-bond donors (Lipinski definition) is 4. The van der Waals surface area contributed by atoms with Crippen LogP contribution in [0.4, 0.5) is 26.7 Å². The van der Waals surface area contributed by atoms with Gasteiger partial charge in [0.15, 0.2) is 11.5 Å². The van der Waals surface area contributed by atoms with Crippen LogP contribution in [0, 0.1) is 5.92 Å². The van der Waals surface area contributed by atoms with Gasteiger partial charge in [0.05, 0.1) is 31.9 Å². The smallest absolute Gasteiger partial charge is 0.323 e. The van der Waals surface area contributed by atoms with Gasteiger partial charge in [0.25, 0.3) is 5.91 Å². The SMILES string of the molecule is COc1ccc(NC(=O)N(C)C[C@@H]2Oc3ccc(NC(=O)Nc4ccc5c(c4)OCO5)cc3C(=O)N([C@H](C)CO)C[C@H]2C)cc1. The van der Waals surface area contributed by atoms with Crippen LogP contribution in [0.2, 0.25) is 0 Å². The number of nitrogens with one attached hydrogen (secondary N) is 3. The number of carbonyl (C=O) groups is 3. The topological polar surface area (TPSA) is 151 Å². The lowest BCUT2D eigenvalue weighted by Crippen LogP contribution is -2.50. The van der Waals surface area contributed by atoms with Crippen molar-refractivity contribution in [3.63, 3.8) is 0 Å². The summed E-state index contributed by atoms with van der Waals surface area (Å²) in [6.45, 7) is 4.08. The molecule has 45 heavy (non-hydrogen) atoms. The molecule has 5 rings (SSSR count). The van der Waals surface area contributed by atoms with Crippen LogP contribution in [0.3, 0.4) is 0 Å². The Morgan fingerprint density at radius 1 is 0.978 bits per heavy atom. The summed E-state index contributed by atoms with van der Waals surface area (Å²) in [5.41, 5.74) is 1.70. The zero-order valence-corrected chi connectivity index (χ0v) is 25.5. The number of aliphatic hydroxyl groups is 1. The highest BCUT2D eigenvalue weighted by Gasteiger charge is 2.34. The summed E-state index contributed by atoms with van der Waals surface area (Å²) >= 11 is 0. The molecule has 238 valence electrons. The predicted octanol–water partition coefficient (Wildman–Crippen LogP) is 4.45. The fraction of sp³-hybridized carbons (Fsp3) is 0.344. The number of ether oxygens (including phenoxy) is 4. The number of urea groups is 2. The number of hydrogen-bond acceptors (Lipinski definition) is 8. The van der Waals surface area contributed by atoms with E-state index in [1.54, 1.807) is 86.6 Å². The van der Waals surface area contributed by atoms with Gasteiger partial charge in [-0.1, -0.05) is 6.92 Å². The number of fused-ring (bicyclic) bond motifs is 2. The minimum Gasteiger partial charge on any atom is -0.497 e. The molecule has 0 aliphatic carbocycles. The van der Waals surface area contributed by atoms with Gasteiger partial charge in [0.1, 0.15) is 17.6 Å². The Labute approximate surface area is 261 Å². The summed E-state index contributed by atoms with van der Waals surface area (Å²) < 4.78 is 22.2. The van der Waals surface area contributed by atoms with Crippen molar-refractivity contribution >= 4 is 35.0 Å². The van der Waals surface area contributed by atoms with Gasteiger partial charge in [-0.15, -0.1) is 0 Å². The molecule has 4 N–H and O–H groups in total. The molecule has 0 unspecified atom stereocenters. The molecule has 0 aromatic heterocycles. The third kappa shape index (κ3) is 7.32. The summed E-state index contributed by atoms with van der Waals surface area (Å²) in [4.78, 5) is 42.7. The summed E-state index contributed by atoms with van der Waals surface area (Å²) in [6, 6.07) is 15.5. The molecule has 2 heterocycles. The highest BCUT2D eigenvalue weighted by atomic mass is 16.7. The van der Waals surface area contributed by atoms with Crippen molar-refractivity contribution < 1.29 is 38.4 Å². The monoisotopic (exact) mass is 619 g/mol. The fourth-order valence-corrected chi connectivity index (χ4v) is 5.03. The quantitative estimate of drug-likeness (QED) is 0.289. The van der Waals surface area contributed by atoms with Crippen LogP contribution in [0.1, 0.15) is 24.2 Å². The Morgan fingerprint density at radius 2 is 1.62 bits per heavy atom. The Morgan fingerprint density at radius 3 is 2.31 bits per heavy atom. The summed E-state index contributed by atoms with van der Waals surface area (Å²) in [5, 5.41) is 18.3. The van der Waals surface area contributed by atoms with Crippen LogP contribution in [0.25, 0.3) is 0 Å². The highest BCUT2D eigenvalue weighted by molar-refractivity contribution is 6.02. The second-order valence-electron chi connectivity index (χ2n) is 11.0. The van der Waals surface area contributed by atoms with Crippen molar-refractivity contribution in [2.24, 2.45) is 5.92 Å². The van der Waals surface area contributed by atoms with Crippen molar-refractivity contribution in [1.82, 2.24) is 9.80 Å². The number of carbonyl (C=O) groups excluding carboxylic acids is 3. The number of methoxy groups -OCH3 is 1.